The van der Waals surface area contributed by atoms with Crippen molar-refractivity contribution in [2.24, 2.45) is 5.92 Å². The molecule has 6 heteroatoms. The summed E-state index contributed by atoms with van der Waals surface area (Å²) in [5, 5.41) is 0. The molecule has 0 bridgehead atoms. The number of benzene rings is 1. The van der Waals surface area contributed by atoms with E-state index in [1.807, 2.05) is 18.0 Å². The largest absolute Gasteiger partial charge is 0.490 e. The van der Waals surface area contributed by atoms with Gasteiger partial charge in [-0.15, -0.1) is 0 Å². The zero-order chi connectivity index (χ0) is 20.2. The lowest BCUT2D eigenvalue weighted by Gasteiger charge is -2.37. The first-order valence-electron chi connectivity index (χ1n) is 10.5. The Bertz CT molecular complexity index is 809. The van der Waals surface area contributed by atoms with Crippen molar-refractivity contribution >= 4 is 11.7 Å². The van der Waals surface area contributed by atoms with Crippen LogP contribution in [0.5, 0.6) is 5.75 Å². The van der Waals surface area contributed by atoms with E-state index in [1.54, 1.807) is 12.1 Å². The summed E-state index contributed by atoms with van der Waals surface area (Å²) >= 11 is 0. The molecular weight excluding hydrogens is 369 g/mol. The number of halogens is 1. The van der Waals surface area contributed by atoms with Gasteiger partial charge >= 0.3 is 0 Å². The molecular formula is C23H28FN3O2. The smallest absolute Gasteiger partial charge is 0.225 e. The van der Waals surface area contributed by atoms with Gasteiger partial charge in [-0.25, -0.2) is 9.37 Å². The molecule has 2 aliphatic rings. The Kier molecular flexibility index (Phi) is 5.97. The first-order chi connectivity index (χ1) is 14.1. The highest BCUT2D eigenvalue weighted by Gasteiger charge is 2.31. The van der Waals surface area contributed by atoms with Crippen LogP contribution in [-0.4, -0.2) is 48.1 Å². The molecule has 2 aliphatic heterocycles. The van der Waals surface area contributed by atoms with Gasteiger partial charge in [-0.2, -0.15) is 0 Å². The van der Waals surface area contributed by atoms with Crippen LogP contribution in [0, 0.1) is 18.7 Å². The third-order valence-electron chi connectivity index (χ3n) is 5.93. The maximum Gasteiger partial charge on any atom is 0.225 e. The van der Waals surface area contributed by atoms with E-state index in [2.05, 4.69) is 22.0 Å². The first kappa shape index (κ1) is 19.7. The minimum absolute atomic E-state index is 0.0824. The van der Waals surface area contributed by atoms with Gasteiger partial charge in [-0.1, -0.05) is 6.07 Å². The number of nitrogens with zero attached hydrogens (tertiary/aromatic N) is 3. The number of amides is 1. The van der Waals surface area contributed by atoms with Crippen LogP contribution in [0.25, 0.3) is 0 Å². The second kappa shape index (κ2) is 8.80. The number of rotatable bonds is 4. The number of carbonyl (C=O) groups excluding carboxylic acids is 1. The van der Waals surface area contributed by atoms with Crippen LogP contribution in [0.1, 0.15) is 31.2 Å². The zero-order valence-corrected chi connectivity index (χ0v) is 16.9. The van der Waals surface area contributed by atoms with Gasteiger partial charge in [0, 0.05) is 51.1 Å². The second-order valence-electron chi connectivity index (χ2n) is 8.05. The monoisotopic (exact) mass is 397 g/mol. The third kappa shape index (κ3) is 4.86. The van der Waals surface area contributed by atoms with Crippen molar-refractivity contribution in [3.8, 4) is 5.75 Å². The summed E-state index contributed by atoms with van der Waals surface area (Å²) in [7, 11) is 0. The molecule has 0 unspecified atom stereocenters. The molecule has 154 valence electrons. The molecule has 2 aromatic rings. The molecule has 3 heterocycles. The summed E-state index contributed by atoms with van der Waals surface area (Å²) in [6.45, 7) is 5.23. The van der Waals surface area contributed by atoms with Crippen LogP contribution in [-0.2, 0) is 4.79 Å². The minimum Gasteiger partial charge on any atom is -0.490 e. The molecule has 0 spiro atoms. The van der Waals surface area contributed by atoms with Gasteiger partial charge < -0.3 is 14.5 Å². The molecule has 4 rings (SSSR count). The Balaban J connectivity index is 1.23. The molecule has 2 saturated heterocycles. The van der Waals surface area contributed by atoms with Crippen molar-refractivity contribution in [1.82, 2.24) is 9.88 Å². The lowest BCUT2D eigenvalue weighted by atomic mass is 9.94. The number of anilines is 1. The highest BCUT2D eigenvalue weighted by Crippen LogP contribution is 2.26. The molecule has 29 heavy (non-hydrogen) atoms. The molecule has 2 fully saturated rings. The molecule has 0 N–H and O–H groups in total. The van der Waals surface area contributed by atoms with Gasteiger partial charge in [-0.3, -0.25) is 4.79 Å². The quantitative estimate of drug-likeness (QED) is 0.787. The zero-order valence-electron chi connectivity index (χ0n) is 16.9. The van der Waals surface area contributed by atoms with Crippen LogP contribution < -0.4 is 9.64 Å². The summed E-state index contributed by atoms with van der Waals surface area (Å²) in [6.07, 6.45) is 5.36. The second-order valence-corrected chi connectivity index (χ2v) is 8.05. The Morgan fingerprint density at radius 1 is 1.00 bits per heavy atom. The summed E-state index contributed by atoms with van der Waals surface area (Å²) in [5.41, 5.74) is 1.16. The molecule has 1 aromatic carbocycles. The predicted octanol–water partition coefficient (Wildman–Crippen LogP) is 3.82. The van der Waals surface area contributed by atoms with Crippen LogP contribution in [0.4, 0.5) is 10.2 Å². The standard InChI is InChI=1S/C23H28FN3O2/c1-17-2-7-22(25-16-17)26-12-8-18(9-13-26)23(28)27-14-10-21(11-15-27)29-20-5-3-19(24)4-6-20/h2-7,16,18,21H,8-15H2,1H3. The number of pyridine rings is 1. The highest BCUT2D eigenvalue weighted by molar-refractivity contribution is 5.79. The van der Waals surface area contributed by atoms with Crippen molar-refractivity contribution in [3.05, 3.63) is 54.0 Å². The summed E-state index contributed by atoms with van der Waals surface area (Å²) in [6, 6.07) is 10.3. The third-order valence-corrected chi connectivity index (χ3v) is 5.93. The number of hydrogen-bond acceptors (Lipinski definition) is 4. The predicted molar refractivity (Wildman–Crippen MR) is 111 cm³/mol. The van der Waals surface area contributed by atoms with Gasteiger partial charge in [0.05, 0.1) is 0 Å². The minimum atomic E-state index is -0.262. The molecule has 0 saturated carbocycles. The Hall–Kier alpha value is -2.63. The lowest BCUT2D eigenvalue weighted by Crippen LogP contribution is -2.47. The molecule has 5 nitrogen and oxygen atoms in total. The van der Waals surface area contributed by atoms with Crippen LogP contribution >= 0.6 is 0 Å². The van der Waals surface area contributed by atoms with Gasteiger partial charge in [0.15, 0.2) is 0 Å². The Morgan fingerprint density at radius 3 is 2.31 bits per heavy atom. The summed E-state index contributed by atoms with van der Waals surface area (Å²) in [5.74, 6) is 1.81. The fraction of sp³-hybridized carbons (Fsp3) is 0.478. The van der Waals surface area contributed by atoms with Crippen LogP contribution in [0.2, 0.25) is 0 Å². The molecule has 0 radical (unpaired) electrons. The van der Waals surface area contributed by atoms with E-state index in [4.69, 9.17) is 4.74 Å². The highest BCUT2D eigenvalue weighted by atomic mass is 19.1. The summed E-state index contributed by atoms with van der Waals surface area (Å²) < 4.78 is 18.9. The number of likely N-dealkylation sites (tertiary alicyclic amines) is 1. The normalized spacial score (nSPS) is 18.7. The number of piperidine rings is 2. The number of aromatic nitrogens is 1. The number of hydrogen-bond donors (Lipinski definition) is 0. The van der Waals surface area contributed by atoms with E-state index >= 15 is 0 Å². The van der Waals surface area contributed by atoms with Gasteiger partial charge in [0.2, 0.25) is 5.91 Å². The van der Waals surface area contributed by atoms with Gasteiger partial charge in [0.25, 0.3) is 0 Å². The fourth-order valence-electron chi connectivity index (χ4n) is 4.16. The van der Waals surface area contributed by atoms with Gasteiger partial charge in [0.1, 0.15) is 23.5 Å². The molecule has 1 aromatic heterocycles. The Morgan fingerprint density at radius 2 is 1.69 bits per heavy atom. The average molecular weight is 397 g/mol. The van der Waals surface area contributed by atoms with Gasteiger partial charge in [-0.05, 0) is 55.7 Å². The maximum absolute atomic E-state index is 13.0. The van der Waals surface area contributed by atoms with Crippen molar-refractivity contribution in [2.45, 2.75) is 38.7 Å². The topological polar surface area (TPSA) is 45.7 Å². The SMILES string of the molecule is Cc1ccc(N2CCC(C(=O)N3CCC(Oc4ccc(F)cc4)CC3)CC2)nc1. The fourth-order valence-corrected chi connectivity index (χ4v) is 4.16. The van der Waals surface area contributed by atoms with E-state index in [0.29, 0.717) is 5.75 Å². The number of aryl methyl sites for hydroxylation is 1. The Labute approximate surface area is 171 Å². The van der Waals surface area contributed by atoms with Crippen molar-refractivity contribution in [2.75, 3.05) is 31.1 Å². The average Bonchev–Trinajstić information content (AvgIpc) is 2.76. The van der Waals surface area contributed by atoms with E-state index in [1.165, 1.54) is 12.1 Å². The summed E-state index contributed by atoms with van der Waals surface area (Å²) in [4.78, 5) is 21.7. The maximum atomic E-state index is 13.0. The molecule has 0 aliphatic carbocycles. The van der Waals surface area contributed by atoms with Crippen molar-refractivity contribution < 1.29 is 13.9 Å². The van der Waals surface area contributed by atoms with E-state index in [0.717, 1.165) is 63.2 Å². The van der Waals surface area contributed by atoms with Crippen LogP contribution in [0.3, 0.4) is 0 Å². The van der Waals surface area contributed by atoms with Crippen molar-refractivity contribution in [1.29, 1.82) is 0 Å². The lowest BCUT2D eigenvalue weighted by molar-refractivity contribution is -0.138. The van der Waals surface area contributed by atoms with Crippen molar-refractivity contribution in [3.63, 3.8) is 0 Å². The van der Waals surface area contributed by atoms with E-state index in [9.17, 15) is 9.18 Å². The molecule has 0 atom stereocenters. The van der Waals surface area contributed by atoms with E-state index < -0.39 is 0 Å². The van der Waals surface area contributed by atoms with Crippen LogP contribution in [0.15, 0.2) is 42.6 Å². The first-order valence-corrected chi connectivity index (χ1v) is 10.5. The molecule has 1 amide bonds. The van der Waals surface area contributed by atoms with E-state index in [-0.39, 0.29) is 23.7 Å². The number of ether oxygens (including phenoxy) is 1. The number of carbonyl (C=O) groups is 1.